The van der Waals surface area contributed by atoms with Crippen molar-refractivity contribution in [2.75, 3.05) is 21.3 Å². The summed E-state index contributed by atoms with van der Waals surface area (Å²) >= 11 is 0. The van der Waals surface area contributed by atoms with Gasteiger partial charge in [-0.05, 0) is 42.5 Å². The zero-order valence-electron chi connectivity index (χ0n) is 15.1. The summed E-state index contributed by atoms with van der Waals surface area (Å²) in [5.41, 5.74) is 2.19. The fourth-order valence-electron chi connectivity index (χ4n) is 2.77. The van der Waals surface area contributed by atoms with E-state index < -0.39 is 0 Å². The molecule has 0 amide bonds. The molecule has 0 unspecified atom stereocenters. The van der Waals surface area contributed by atoms with Crippen LogP contribution in [0.2, 0.25) is 0 Å². The van der Waals surface area contributed by atoms with E-state index in [1.54, 1.807) is 33.5 Å². The van der Waals surface area contributed by atoms with Gasteiger partial charge in [-0.25, -0.2) is 4.98 Å². The van der Waals surface area contributed by atoms with E-state index in [0.717, 1.165) is 22.2 Å². The summed E-state index contributed by atoms with van der Waals surface area (Å²) in [5, 5.41) is 5.03. The third-order valence-electron chi connectivity index (χ3n) is 4.18. The molecule has 0 spiro atoms. The number of fused-ring (bicyclic) bond motifs is 1. The maximum absolute atomic E-state index is 5.41. The Morgan fingerprint density at radius 2 is 1.63 bits per heavy atom. The molecule has 0 fully saturated rings. The fourth-order valence-corrected chi connectivity index (χ4v) is 2.77. The molecule has 136 valence electrons. The van der Waals surface area contributed by atoms with Crippen LogP contribution in [0.15, 0.2) is 53.1 Å². The van der Waals surface area contributed by atoms with Crippen molar-refractivity contribution >= 4 is 10.9 Å². The SMILES string of the molecule is COc1ccc2nc(-c3noc(-c4ccc(OC)c(OC)c4)n3)ccc2c1. The smallest absolute Gasteiger partial charge is 0.258 e. The van der Waals surface area contributed by atoms with Gasteiger partial charge in [-0.1, -0.05) is 11.2 Å². The Morgan fingerprint density at radius 1 is 0.778 bits per heavy atom. The largest absolute Gasteiger partial charge is 0.497 e. The van der Waals surface area contributed by atoms with Crippen molar-refractivity contribution in [1.29, 1.82) is 0 Å². The molecular formula is C20H17N3O4. The average molecular weight is 363 g/mol. The molecule has 7 heteroatoms. The number of pyridine rings is 1. The summed E-state index contributed by atoms with van der Waals surface area (Å²) in [4.78, 5) is 9.06. The highest BCUT2D eigenvalue weighted by Crippen LogP contribution is 2.32. The number of aromatic nitrogens is 3. The molecule has 0 aliphatic carbocycles. The summed E-state index contributed by atoms with van der Waals surface area (Å²) < 4.78 is 21.2. The van der Waals surface area contributed by atoms with E-state index in [9.17, 15) is 0 Å². The normalized spacial score (nSPS) is 10.8. The van der Waals surface area contributed by atoms with Crippen LogP contribution in [0.3, 0.4) is 0 Å². The summed E-state index contributed by atoms with van der Waals surface area (Å²) in [6, 6.07) is 14.9. The molecule has 0 aliphatic rings. The molecule has 0 bridgehead atoms. The molecule has 0 saturated heterocycles. The lowest BCUT2D eigenvalue weighted by atomic mass is 10.2. The zero-order valence-corrected chi connectivity index (χ0v) is 15.1. The van der Waals surface area contributed by atoms with Crippen LogP contribution in [-0.2, 0) is 0 Å². The predicted octanol–water partition coefficient (Wildman–Crippen LogP) is 3.98. The molecule has 0 N–H and O–H groups in total. The Morgan fingerprint density at radius 3 is 2.41 bits per heavy atom. The van der Waals surface area contributed by atoms with Crippen LogP contribution in [0, 0.1) is 0 Å². The highest BCUT2D eigenvalue weighted by atomic mass is 16.5. The third-order valence-corrected chi connectivity index (χ3v) is 4.18. The van der Waals surface area contributed by atoms with Gasteiger partial charge in [-0.3, -0.25) is 0 Å². The Balaban J connectivity index is 1.69. The summed E-state index contributed by atoms with van der Waals surface area (Å²) in [6.45, 7) is 0. The van der Waals surface area contributed by atoms with Crippen LogP contribution in [-0.4, -0.2) is 36.5 Å². The first-order valence-corrected chi connectivity index (χ1v) is 8.23. The monoisotopic (exact) mass is 363 g/mol. The third kappa shape index (κ3) is 3.15. The van der Waals surface area contributed by atoms with Crippen LogP contribution in [0.4, 0.5) is 0 Å². The number of ether oxygens (including phenoxy) is 3. The van der Waals surface area contributed by atoms with Crippen molar-refractivity contribution in [2.45, 2.75) is 0 Å². The number of hydrogen-bond donors (Lipinski definition) is 0. The molecule has 4 aromatic rings. The van der Waals surface area contributed by atoms with E-state index in [1.807, 2.05) is 36.4 Å². The Hall–Kier alpha value is -3.61. The van der Waals surface area contributed by atoms with Crippen molar-refractivity contribution in [1.82, 2.24) is 15.1 Å². The molecule has 0 atom stereocenters. The van der Waals surface area contributed by atoms with Crippen LogP contribution < -0.4 is 14.2 Å². The Labute approximate surface area is 155 Å². The quantitative estimate of drug-likeness (QED) is 0.530. The van der Waals surface area contributed by atoms with Crippen LogP contribution in [0.25, 0.3) is 33.9 Å². The van der Waals surface area contributed by atoms with E-state index >= 15 is 0 Å². The maximum Gasteiger partial charge on any atom is 0.258 e. The van der Waals surface area contributed by atoms with Gasteiger partial charge < -0.3 is 18.7 Å². The van der Waals surface area contributed by atoms with Crippen molar-refractivity contribution in [3.8, 4) is 40.2 Å². The van der Waals surface area contributed by atoms with E-state index in [4.69, 9.17) is 18.7 Å². The lowest BCUT2D eigenvalue weighted by Crippen LogP contribution is -1.91. The maximum atomic E-state index is 5.41. The van der Waals surface area contributed by atoms with Crippen molar-refractivity contribution in [3.63, 3.8) is 0 Å². The average Bonchev–Trinajstić information content (AvgIpc) is 3.22. The van der Waals surface area contributed by atoms with E-state index in [0.29, 0.717) is 28.9 Å². The van der Waals surface area contributed by atoms with Crippen molar-refractivity contribution < 1.29 is 18.7 Å². The highest BCUT2D eigenvalue weighted by Gasteiger charge is 2.14. The van der Waals surface area contributed by atoms with Gasteiger partial charge >= 0.3 is 0 Å². The second-order valence-corrected chi connectivity index (χ2v) is 5.75. The molecule has 0 saturated carbocycles. The first-order chi connectivity index (χ1) is 13.2. The second-order valence-electron chi connectivity index (χ2n) is 5.75. The zero-order chi connectivity index (χ0) is 18.8. The lowest BCUT2D eigenvalue weighted by Gasteiger charge is -2.07. The van der Waals surface area contributed by atoms with Crippen molar-refractivity contribution in [3.05, 3.63) is 48.5 Å². The minimum atomic E-state index is 0.377. The molecular weight excluding hydrogens is 346 g/mol. The van der Waals surface area contributed by atoms with Gasteiger partial charge in [0.25, 0.3) is 5.89 Å². The van der Waals surface area contributed by atoms with Gasteiger partial charge in [0.1, 0.15) is 11.4 Å². The number of nitrogens with zero attached hydrogens (tertiary/aromatic N) is 3. The van der Waals surface area contributed by atoms with Crippen LogP contribution >= 0.6 is 0 Å². The molecule has 27 heavy (non-hydrogen) atoms. The van der Waals surface area contributed by atoms with E-state index in [1.165, 1.54) is 0 Å². The van der Waals surface area contributed by atoms with Crippen LogP contribution in [0.1, 0.15) is 0 Å². The topological polar surface area (TPSA) is 79.5 Å². The van der Waals surface area contributed by atoms with Gasteiger partial charge in [0.2, 0.25) is 5.82 Å². The first kappa shape index (κ1) is 16.8. The lowest BCUT2D eigenvalue weighted by molar-refractivity contribution is 0.355. The summed E-state index contributed by atoms with van der Waals surface area (Å²) in [7, 11) is 4.80. The predicted molar refractivity (Wildman–Crippen MR) is 100 cm³/mol. The minimum absolute atomic E-state index is 0.377. The molecule has 2 aromatic carbocycles. The minimum Gasteiger partial charge on any atom is -0.497 e. The number of benzene rings is 2. The molecule has 2 aromatic heterocycles. The van der Waals surface area contributed by atoms with Gasteiger partial charge in [-0.15, -0.1) is 0 Å². The van der Waals surface area contributed by atoms with E-state index in [2.05, 4.69) is 15.1 Å². The standard InChI is InChI=1S/C20H17N3O4/c1-24-14-6-8-15-12(10-14)4-7-16(21-15)19-22-20(27-23-19)13-5-9-17(25-2)18(11-13)26-3/h4-11H,1-3H3. The van der Waals surface area contributed by atoms with Gasteiger partial charge in [0, 0.05) is 10.9 Å². The van der Waals surface area contributed by atoms with Crippen molar-refractivity contribution in [2.24, 2.45) is 0 Å². The number of rotatable bonds is 5. The Bertz CT molecular complexity index is 1110. The molecule has 7 nitrogen and oxygen atoms in total. The summed E-state index contributed by atoms with van der Waals surface area (Å²) in [5.74, 6) is 2.80. The van der Waals surface area contributed by atoms with Gasteiger partial charge in [0.15, 0.2) is 11.5 Å². The van der Waals surface area contributed by atoms with Gasteiger partial charge in [0.05, 0.1) is 26.8 Å². The van der Waals surface area contributed by atoms with Crippen LogP contribution in [0.5, 0.6) is 17.2 Å². The molecule has 0 radical (unpaired) electrons. The number of hydrogen-bond acceptors (Lipinski definition) is 7. The van der Waals surface area contributed by atoms with Gasteiger partial charge in [-0.2, -0.15) is 4.98 Å². The molecule has 2 heterocycles. The molecule has 0 aliphatic heterocycles. The molecule has 4 rings (SSSR count). The van der Waals surface area contributed by atoms with E-state index in [-0.39, 0.29) is 0 Å². The second kappa shape index (κ2) is 6.95. The highest BCUT2D eigenvalue weighted by molar-refractivity contribution is 5.82. The number of methoxy groups -OCH3 is 3. The first-order valence-electron chi connectivity index (χ1n) is 8.23. The Kier molecular flexibility index (Phi) is 4.33. The summed E-state index contributed by atoms with van der Waals surface area (Å²) in [6.07, 6.45) is 0. The fraction of sp³-hybridized carbons (Fsp3) is 0.150.